The van der Waals surface area contributed by atoms with Crippen molar-refractivity contribution in [3.8, 4) is 0 Å². The van der Waals surface area contributed by atoms with E-state index in [0.717, 1.165) is 25.2 Å². The second-order valence-corrected chi connectivity index (χ2v) is 4.91. The minimum Gasteiger partial charge on any atom is -0.384 e. The maximum atomic E-state index is 13.2. The second-order valence-electron chi connectivity index (χ2n) is 4.91. The highest BCUT2D eigenvalue weighted by Crippen LogP contribution is 2.17. The topological polar surface area (TPSA) is 53.1 Å². The molecule has 0 bridgehead atoms. The summed E-state index contributed by atoms with van der Waals surface area (Å²) >= 11 is 0. The lowest BCUT2D eigenvalue weighted by Crippen LogP contribution is -2.26. The van der Waals surface area contributed by atoms with Crippen LogP contribution in [0, 0.1) is 11.2 Å². The lowest BCUT2D eigenvalue weighted by atomic mass is 10.1. The summed E-state index contributed by atoms with van der Waals surface area (Å²) in [5.74, 6) is -0.390. The summed E-state index contributed by atoms with van der Waals surface area (Å²) in [5.41, 5.74) is 6.99. The third-order valence-electron chi connectivity index (χ3n) is 3.45. The molecule has 4 heteroatoms. The van der Waals surface area contributed by atoms with E-state index in [2.05, 4.69) is 4.90 Å². The molecule has 18 heavy (non-hydrogen) atoms. The number of nitrogens with zero attached hydrogens (tertiary/aromatic N) is 1. The third kappa shape index (κ3) is 3.29. The lowest BCUT2D eigenvalue weighted by Gasteiger charge is -2.21. The van der Waals surface area contributed by atoms with Crippen LogP contribution in [0.1, 0.15) is 36.8 Å². The molecule has 0 amide bonds. The van der Waals surface area contributed by atoms with Gasteiger partial charge in [-0.05, 0) is 43.6 Å². The summed E-state index contributed by atoms with van der Waals surface area (Å²) < 4.78 is 13.2. The number of benzene rings is 1. The Kier molecular flexibility index (Phi) is 4.31. The lowest BCUT2D eigenvalue weighted by molar-refractivity contribution is 0.276. The Balaban J connectivity index is 2.14. The van der Waals surface area contributed by atoms with Crippen molar-refractivity contribution in [2.45, 2.75) is 32.2 Å². The SMILES string of the molecule is N=C(N)c1cc(F)ccc1CN1CCCCCC1. The molecule has 1 aliphatic heterocycles. The van der Waals surface area contributed by atoms with E-state index in [0.29, 0.717) is 5.56 Å². The Bertz CT molecular complexity index is 423. The van der Waals surface area contributed by atoms with Gasteiger partial charge in [-0.25, -0.2) is 4.39 Å². The Labute approximate surface area is 107 Å². The maximum Gasteiger partial charge on any atom is 0.123 e. The molecule has 0 atom stereocenters. The zero-order valence-electron chi connectivity index (χ0n) is 10.6. The third-order valence-corrected chi connectivity index (χ3v) is 3.45. The van der Waals surface area contributed by atoms with Crippen molar-refractivity contribution >= 4 is 5.84 Å². The number of rotatable bonds is 3. The van der Waals surface area contributed by atoms with Gasteiger partial charge < -0.3 is 5.73 Å². The summed E-state index contributed by atoms with van der Waals surface area (Å²) in [6, 6.07) is 4.55. The largest absolute Gasteiger partial charge is 0.384 e. The molecule has 1 saturated heterocycles. The highest BCUT2D eigenvalue weighted by molar-refractivity contribution is 5.96. The van der Waals surface area contributed by atoms with Gasteiger partial charge in [0.15, 0.2) is 0 Å². The van der Waals surface area contributed by atoms with E-state index in [-0.39, 0.29) is 11.7 Å². The van der Waals surface area contributed by atoms with Crippen molar-refractivity contribution in [1.82, 2.24) is 4.90 Å². The molecule has 1 fully saturated rings. The van der Waals surface area contributed by atoms with Gasteiger partial charge in [0.1, 0.15) is 11.7 Å². The number of nitrogens with one attached hydrogen (secondary N) is 1. The molecule has 1 aromatic carbocycles. The van der Waals surface area contributed by atoms with Crippen LogP contribution in [0.15, 0.2) is 18.2 Å². The normalized spacial score (nSPS) is 17.4. The van der Waals surface area contributed by atoms with E-state index < -0.39 is 0 Å². The highest BCUT2D eigenvalue weighted by atomic mass is 19.1. The van der Waals surface area contributed by atoms with Crippen molar-refractivity contribution in [3.63, 3.8) is 0 Å². The zero-order valence-corrected chi connectivity index (χ0v) is 10.6. The van der Waals surface area contributed by atoms with Gasteiger partial charge in [0.05, 0.1) is 0 Å². The average molecular weight is 249 g/mol. The number of nitrogens with two attached hydrogens (primary N) is 1. The van der Waals surface area contributed by atoms with Gasteiger partial charge >= 0.3 is 0 Å². The van der Waals surface area contributed by atoms with Crippen molar-refractivity contribution < 1.29 is 4.39 Å². The van der Waals surface area contributed by atoms with Gasteiger partial charge in [-0.15, -0.1) is 0 Å². The molecule has 3 nitrogen and oxygen atoms in total. The summed E-state index contributed by atoms with van der Waals surface area (Å²) in [5, 5.41) is 7.53. The number of nitrogen functional groups attached to an aromatic ring is 1. The molecule has 0 unspecified atom stereocenters. The minimum atomic E-state index is -0.334. The average Bonchev–Trinajstić information content (AvgIpc) is 2.60. The molecule has 1 aromatic rings. The minimum absolute atomic E-state index is 0.0562. The summed E-state index contributed by atoms with van der Waals surface area (Å²) in [7, 11) is 0. The smallest absolute Gasteiger partial charge is 0.123 e. The first-order valence-corrected chi connectivity index (χ1v) is 6.52. The summed E-state index contributed by atoms with van der Waals surface area (Å²) in [6.07, 6.45) is 5.02. The van der Waals surface area contributed by atoms with E-state index in [1.54, 1.807) is 6.07 Å². The van der Waals surface area contributed by atoms with Crippen LogP contribution in [0.25, 0.3) is 0 Å². The molecular weight excluding hydrogens is 229 g/mol. The van der Waals surface area contributed by atoms with E-state index in [9.17, 15) is 4.39 Å². The van der Waals surface area contributed by atoms with E-state index in [1.807, 2.05) is 0 Å². The van der Waals surface area contributed by atoms with Gasteiger partial charge in [-0.3, -0.25) is 10.3 Å². The van der Waals surface area contributed by atoms with Gasteiger partial charge in [0, 0.05) is 12.1 Å². The Morgan fingerprint density at radius 3 is 2.50 bits per heavy atom. The zero-order chi connectivity index (χ0) is 13.0. The number of hydrogen-bond acceptors (Lipinski definition) is 2. The van der Waals surface area contributed by atoms with Crippen molar-refractivity contribution in [2.75, 3.05) is 13.1 Å². The first-order chi connectivity index (χ1) is 8.66. The fourth-order valence-corrected chi connectivity index (χ4v) is 2.47. The fourth-order valence-electron chi connectivity index (χ4n) is 2.47. The molecule has 2 rings (SSSR count). The second kappa shape index (κ2) is 5.96. The fraction of sp³-hybridized carbons (Fsp3) is 0.500. The Morgan fingerprint density at radius 1 is 1.22 bits per heavy atom. The van der Waals surface area contributed by atoms with Crippen LogP contribution in [0.2, 0.25) is 0 Å². The van der Waals surface area contributed by atoms with Crippen LogP contribution < -0.4 is 5.73 Å². The van der Waals surface area contributed by atoms with Crippen LogP contribution in [0.3, 0.4) is 0 Å². The molecule has 98 valence electrons. The Hall–Kier alpha value is -1.42. The number of halogens is 1. The molecule has 0 aromatic heterocycles. The van der Waals surface area contributed by atoms with Crippen molar-refractivity contribution in [3.05, 3.63) is 35.1 Å². The molecule has 1 aliphatic rings. The van der Waals surface area contributed by atoms with Crippen molar-refractivity contribution in [2.24, 2.45) is 5.73 Å². The Morgan fingerprint density at radius 2 is 1.89 bits per heavy atom. The quantitative estimate of drug-likeness (QED) is 0.638. The van der Waals surface area contributed by atoms with Crippen molar-refractivity contribution in [1.29, 1.82) is 5.41 Å². The molecule has 3 N–H and O–H groups in total. The van der Waals surface area contributed by atoms with Gasteiger partial charge in [-0.2, -0.15) is 0 Å². The van der Waals surface area contributed by atoms with E-state index >= 15 is 0 Å². The van der Waals surface area contributed by atoms with Gasteiger partial charge in [-0.1, -0.05) is 18.9 Å². The molecule has 0 saturated carbocycles. The number of hydrogen-bond donors (Lipinski definition) is 2. The summed E-state index contributed by atoms with van der Waals surface area (Å²) in [6.45, 7) is 2.92. The molecule has 1 heterocycles. The first-order valence-electron chi connectivity index (χ1n) is 6.52. The maximum absolute atomic E-state index is 13.2. The number of amidine groups is 1. The predicted molar refractivity (Wildman–Crippen MR) is 71.2 cm³/mol. The summed E-state index contributed by atoms with van der Waals surface area (Å²) in [4.78, 5) is 2.37. The van der Waals surface area contributed by atoms with Crippen LogP contribution in [-0.4, -0.2) is 23.8 Å². The van der Waals surface area contributed by atoms with Crippen LogP contribution in [-0.2, 0) is 6.54 Å². The molecule has 0 aliphatic carbocycles. The predicted octanol–water partition coefficient (Wildman–Crippen LogP) is 2.49. The highest BCUT2D eigenvalue weighted by Gasteiger charge is 2.13. The van der Waals surface area contributed by atoms with Crippen LogP contribution >= 0.6 is 0 Å². The van der Waals surface area contributed by atoms with Gasteiger partial charge in [0.25, 0.3) is 0 Å². The monoisotopic (exact) mass is 249 g/mol. The molecular formula is C14H20FN3. The molecule has 0 radical (unpaired) electrons. The van der Waals surface area contributed by atoms with Crippen LogP contribution in [0.5, 0.6) is 0 Å². The van der Waals surface area contributed by atoms with Gasteiger partial charge in [0.2, 0.25) is 0 Å². The first kappa shape index (κ1) is 13.0. The number of likely N-dealkylation sites (tertiary alicyclic amines) is 1. The molecule has 0 spiro atoms. The van der Waals surface area contributed by atoms with E-state index in [4.69, 9.17) is 11.1 Å². The van der Waals surface area contributed by atoms with E-state index in [1.165, 1.54) is 37.8 Å². The standard InChI is InChI=1S/C14H20FN3/c15-12-6-5-11(13(9-12)14(16)17)10-18-7-3-1-2-4-8-18/h5-6,9H,1-4,7-8,10H2,(H3,16,17). The van der Waals surface area contributed by atoms with Crippen LogP contribution in [0.4, 0.5) is 4.39 Å².